The van der Waals surface area contributed by atoms with Crippen molar-refractivity contribution in [2.45, 2.75) is 36.8 Å². The standard InChI is InChI=1S/C17H17F3N2O3S/c1-11-3-5-13(6-4-11)9-22-16(23)12(2)26(24,25)15-8-7-14(10-21-15)17(18,19)20/h3-8,10,12H,9H2,1-2H3,(H,22,23). The molecule has 2 aromatic rings. The van der Waals surface area contributed by atoms with Crippen LogP contribution in [0, 0.1) is 6.92 Å². The van der Waals surface area contributed by atoms with Crippen molar-refractivity contribution >= 4 is 15.7 Å². The highest BCUT2D eigenvalue weighted by Crippen LogP contribution is 2.29. The topological polar surface area (TPSA) is 76.1 Å². The number of aryl methyl sites for hydroxylation is 1. The lowest BCUT2D eigenvalue weighted by atomic mass is 10.1. The zero-order valence-corrected chi connectivity index (χ0v) is 14.9. The van der Waals surface area contributed by atoms with E-state index in [4.69, 9.17) is 0 Å². The number of benzene rings is 1. The summed E-state index contributed by atoms with van der Waals surface area (Å²) in [6, 6.07) is 8.68. The van der Waals surface area contributed by atoms with Crippen LogP contribution >= 0.6 is 0 Å². The number of halogens is 3. The largest absolute Gasteiger partial charge is 0.417 e. The molecule has 0 radical (unpaired) electrons. The lowest BCUT2D eigenvalue weighted by Crippen LogP contribution is -2.37. The van der Waals surface area contributed by atoms with E-state index in [-0.39, 0.29) is 6.54 Å². The molecule has 1 amide bonds. The molecule has 9 heteroatoms. The monoisotopic (exact) mass is 386 g/mol. The summed E-state index contributed by atoms with van der Waals surface area (Å²) in [6.45, 7) is 3.21. The van der Waals surface area contributed by atoms with E-state index in [2.05, 4.69) is 10.3 Å². The van der Waals surface area contributed by atoms with Gasteiger partial charge < -0.3 is 5.32 Å². The fourth-order valence-electron chi connectivity index (χ4n) is 2.08. The summed E-state index contributed by atoms with van der Waals surface area (Å²) < 4.78 is 62.4. The summed E-state index contributed by atoms with van der Waals surface area (Å²) in [4.78, 5) is 15.5. The van der Waals surface area contributed by atoms with Crippen LogP contribution in [0.5, 0.6) is 0 Å². The number of amides is 1. The summed E-state index contributed by atoms with van der Waals surface area (Å²) in [5.74, 6) is -0.757. The van der Waals surface area contributed by atoms with Gasteiger partial charge in [0.25, 0.3) is 0 Å². The van der Waals surface area contributed by atoms with Gasteiger partial charge in [0, 0.05) is 12.7 Å². The zero-order valence-electron chi connectivity index (χ0n) is 14.0. The fraction of sp³-hybridized carbons (Fsp3) is 0.294. The Morgan fingerprint density at radius 2 is 1.77 bits per heavy atom. The number of alkyl halides is 3. The Bertz CT molecular complexity index is 877. The maximum Gasteiger partial charge on any atom is 0.417 e. The molecule has 0 aliphatic rings. The van der Waals surface area contributed by atoms with Crippen molar-refractivity contribution in [1.29, 1.82) is 0 Å². The molecule has 1 unspecified atom stereocenters. The number of hydrogen-bond acceptors (Lipinski definition) is 4. The molecule has 0 aliphatic heterocycles. The first kappa shape index (κ1) is 19.9. The maximum atomic E-state index is 12.5. The first-order chi connectivity index (χ1) is 12.0. The van der Waals surface area contributed by atoms with Crippen LogP contribution in [0.4, 0.5) is 13.2 Å². The third kappa shape index (κ3) is 4.60. The van der Waals surface area contributed by atoms with Crippen molar-refractivity contribution in [3.63, 3.8) is 0 Å². The van der Waals surface area contributed by atoms with Gasteiger partial charge in [-0.3, -0.25) is 4.79 Å². The van der Waals surface area contributed by atoms with E-state index in [1.165, 1.54) is 6.92 Å². The highest BCUT2D eigenvalue weighted by Gasteiger charge is 2.34. The molecule has 0 bridgehead atoms. The summed E-state index contributed by atoms with van der Waals surface area (Å²) in [5, 5.41) is 0.435. The Labute approximate surface area is 149 Å². The van der Waals surface area contributed by atoms with Gasteiger partial charge >= 0.3 is 6.18 Å². The first-order valence-corrected chi connectivity index (χ1v) is 9.17. The quantitative estimate of drug-likeness (QED) is 0.857. The molecule has 1 N–H and O–H groups in total. The van der Waals surface area contributed by atoms with E-state index in [1.807, 2.05) is 19.1 Å². The summed E-state index contributed by atoms with van der Waals surface area (Å²) in [7, 11) is -4.20. The number of nitrogens with one attached hydrogen (secondary N) is 1. The van der Waals surface area contributed by atoms with Gasteiger partial charge in [0.05, 0.1) is 5.56 Å². The average molecular weight is 386 g/mol. The normalized spacial score (nSPS) is 13.3. The van der Waals surface area contributed by atoms with Gasteiger partial charge in [0.15, 0.2) is 5.03 Å². The van der Waals surface area contributed by atoms with Crippen molar-refractivity contribution in [2.24, 2.45) is 0 Å². The lowest BCUT2D eigenvalue weighted by molar-refractivity contribution is -0.137. The van der Waals surface area contributed by atoms with E-state index in [0.29, 0.717) is 12.3 Å². The molecule has 0 aliphatic carbocycles. The van der Waals surface area contributed by atoms with Crippen LogP contribution in [0.1, 0.15) is 23.6 Å². The number of carbonyl (C=O) groups excluding carboxylic acids is 1. The molecule has 0 saturated heterocycles. The zero-order chi connectivity index (χ0) is 19.5. The highest BCUT2D eigenvalue weighted by molar-refractivity contribution is 7.92. The van der Waals surface area contributed by atoms with Crippen molar-refractivity contribution in [3.8, 4) is 0 Å². The number of sulfone groups is 1. The van der Waals surface area contributed by atoms with Crippen LogP contribution in [0.3, 0.4) is 0 Å². The van der Waals surface area contributed by atoms with E-state index in [9.17, 15) is 26.4 Å². The Hall–Kier alpha value is -2.42. The molecule has 1 atom stereocenters. The molecule has 1 aromatic heterocycles. The average Bonchev–Trinajstić information content (AvgIpc) is 2.59. The second-order valence-electron chi connectivity index (χ2n) is 5.77. The van der Waals surface area contributed by atoms with Gasteiger partial charge in [0.1, 0.15) is 5.25 Å². The van der Waals surface area contributed by atoms with Gasteiger partial charge in [-0.1, -0.05) is 29.8 Å². The van der Waals surface area contributed by atoms with Gasteiger partial charge in [-0.25, -0.2) is 13.4 Å². The van der Waals surface area contributed by atoms with Gasteiger partial charge in [-0.05, 0) is 31.5 Å². The molecule has 0 fully saturated rings. The number of pyridine rings is 1. The smallest absolute Gasteiger partial charge is 0.351 e. The van der Waals surface area contributed by atoms with Crippen LogP contribution in [0.2, 0.25) is 0 Å². The van der Waals surface area contributed by atoms with E-state index in [0.717, 1.165) is 17.2 Å². The van der Waals surface area contributed by atoms with Crippen LogP contribution in [-0.2, 0) is 27.4 Å². The molecule has 0 saturated carbocycles. The predicted octanol–water partition coefficient (Wildman–Crippen LogP) is 2.89. The molecule has 26 heavy (non-hydrogen) atoms. The number of nitrogens with zero attached hydrogens (tertiary/aromatic N) is 1. The molecule has 2 rings (SSSR count). The highest BCUT2D eigenvalue weighted by atomic mass is 32.2. The van der Waals surface area contributed by atoms with Crippen LogP contribution in [0.25, 0.3) is 0 Å². The Kier molecular flexibility index (Phi) is 5.70. The summed E-state index contributed by atoms with van der Waals surface area (Å²) >= 11 is 0. The molecule has 0 spiro atoms. The maximum absolute atomic E-state index is 12.5. The first-order valence-electron chi connectivity index (χ1n) is 7.62. The third-order valence-corrected chi connectivity index (χ3v) is 5.75. The predicted molar refractivity (Wildman–Crippen MR) is 88.9 cm³/mol. The van der Waals surface area contributed by atoms with Crippen molar-refractivity contribution in [2.75, 3.05) is 0 Å². The SMILES string of the molecule is Cc1ccc(CNC(=O)C(C)S(=O)(=O)c2ccc(C(F)(F)F)cn2)cc1. The Morgan fingerprint density at radius 3 is 2.27 bits per heavy atom. The van der Waals surface area contributed by atoms with Crippen LogP contribution < -0.4 is 5.32 Å². The van der Waals surface area contributed by atoms with Gasteiger partial charge in [-0.2, -0.15) is 13.2 Å². The second-order valence-corrected chi connectivity index (χ2v) is 7.99. The van der Waals surface area contributed by atoms with Crippen molar-refractivity contribution in [3.05, 3.63) is 59.3 Å². The molecule has 1 aromatic carbocycles. The van der Waals surface area contributed by atoms with Crippen LogP contribution in [-0.4, -0.2) is 24.6 Å². The minimum atomic E-state index is -4.62. The van der Waals surface area contributed by atoms with E-state index >= 15 is 0 Å². The van der Waals surface area contributed by atoms with Crippen molar-refractivity contribution < 1.29 is 26.4 Å². The molecular weight excluding hydrogens is 369 g/mol. The summed E-state index contributed by atoms with van der Waals surface area (Å²) in [5.41, 5.74) is 0.776. The number of aromatic nitrogens is 1. The molecular formula is C17H17F3N2O3S. The minimum absolute atomic E-state index is 0.138. The van der Waals surface area contributed by atoms with Crippen molar-refractivity contribution in [1.82, 2.24) is 10.3 Å². The molecule has 140 valence electrons. The molecule has 5 nitrogen and oxygen atoms in total. The van der Waals surface area contributed by atoms with E-state index < -0.39 is 37.8 Å². The third-order valence-electron chi connectivity index (χ3n) is 3.78. The number of carbonyl (C=O) groups is 1. The van der Waals surface area contributed by atoms with E-state index in [1.54, 1.807) is 12.1 Å². The minimum Gasteiger partial charge on any atom is -0.351 e. The Balaban J connectivity index is 2.09. The van der Waals surface area contributed by atoms with Gasteiger partial charge in [-0.15, -0.1) is 0 Å². The number of hydrogen-bond donors (Lipinski definition) is 1. The van der Waals surface area contributed by atoms with Crippen LogP contribution in [0.15, 0.2) is 47.6 Å². The number of rotatable bonds is 5. The summed E-state index contributed by atoms with van der Waals surface area (Å²) in [6.07, 6.45) is -4.18. The Morgan fingerprint density at radius 1 is 1.15 bits per heavy atom. The fourth-order valence-corrected chi connectivity index (χ4v) is 3.26. The molecule has 1 heterocycles. The second kappa shape index (κ2) is 7.45. The van der Waals surface area contributed by atoms with Gasteiger partial charge in [0.2, 0.25) is 15.7 Å². The lowest BCUT2D eigenvalue weighted by Gasteiger charge is -2.14.